The van der Waals surface area contributed by atoms with Gasteiger partial charge in [-0.15, -0.1) is 0 Å². The highest BCUT2D eigenvalue weighted by molar-refractivity contribution is 7.92. The van der Waals surface area contributed by atoms with Gasteiger partial charge in [-0.2, -0.15) is 0 Å². The molecule has 0 atom stereocenters. The molecule has 0 aromatic heterocycles. The van der Waals surface area contributed by atoms with Crippen LogP contribution in [0.2, 0.25) is 0 Å². The predicted octanol–water partition coefficient (Wildman–Crippen LogP) is 3.12. The largest absolute Gasteiger partial charge is 0.350 e. The van der Waals surface area contributed by atoms with Crippen molar-refractivity contribution in [3.63, 3.8) is 0 Å². The van der Waals surface area contributed by atoms with Gasteiger partial charge in [-0.25, -0.2) is 8.42 Å². The zero-order chi connectivity index (χ0) is 21.1. The van der Waals surface area contributed by atoms with E-state index in [4.69, 9.17) is 0 Å². The van der Waals surface area contributed by atoms with Crippen molar-refractivity contribution in [1.29, 1.82) is 0 Å². The first-order valence-electron chi connectivity index (χ1n) is 9.86. The Hall–Kier alpha value is -2.38. The van der Waals surface area contributed by atoms with Crippen LogP contribution in [0.5, 0.6) is 0 Å². The molecule has 1 aliphatic rings. The summed E-state index contributed by atoms with van der Waals surface area (Å²) in [6, 6.07) is 15.0. The Labute approximate surface area is 173 Å². The lowest BCUT2D eigenvalue weighted by Gasteiger charge is -2.36. The molecule has 1 fully saturated rings. The summed E-state index contributed by atoms with van der Waals surface area (Å²) in [4.78, 5) is 15.0. The van der Waals surface area contributed by atoms with Crippen molar-refractivity contribution in [3.05, 3.63) is 60.2 Å². The van der Waals surface area contributed by atoms with Crippen molar-refractivity contribution in [1.82, 2.24) is 10.2 Å². The molecule has 0 heterocycles. The third-order valence-electron chi connectivity index (χ3n) is 5.96. The van der Waals surface area contributed by atoms with Crippen LogP contribution in [0.4, 0.5) is 5.69 Å². The number of amides is 1. The number of carbonyl (C=O) groups is 1. The van der Waals surface area contributed by atoms with Crippen LogP contribution in [0, 0.1) is 0 Å². The molecule has 156 valence electrons. The van der Waals surface area contributed by atoms with E-state index in [2.05, 4.69) is 24.3 Å². The van der Waals surface area contributed by atoms with E-state index in [1.54, 1.807) is 36.4 Å². The maximum atomic E-state index is 12.9. The summed E-state index contributed by atoms with van der Waals surface area (Å²) in [5.74, 6) is -0.182. The molecule has 3 rings (SSSR count). The van der Waals surface area contributed by atoms with Crippen molar-refractivity contribution in [2.45, 2.75) is 36.1 Å². The zero-order valence-electron chi connectivity index (χ0n) is 17.3. The van der Waals surface area contributed by atoms with Gasteiger partial charge in [0.15, 0.2) is 0 Å². The summed E-state index contributed by atoms with van der Waals surface area (Å²) in [6.45, 7) is 0.593. The summed E-state index contributed by atoms with van der Waals surface area (Å²) < 4.78 is 26.9. The van der Waals surface area contributed by atoms with E-state index < -0.39 is 10.0 Å². The number of nitrogens with one attached hydrogen (secondary N) is 1. The van der Waals surface area contributed by atoms with Crippen LogP contribution in [-0.4, -0.2) is 52.5 Å². The number of benzene rings is 2. The number of anilines is 1. The minimum atomic E-state index is -3.69. The lowest BCUT2D eigenvalue weighted by Crippen LogP contribution is -2.50. The third kappa shape index (κ3) is 4.46. The summed E-state index contributed by atoms with van der Waals surface area (Å²) in [7, 11) is 1.95. The van der Waals surface area contributed by atoms with Gasteiger partial charge in [0.25, 0.3) is 15.9 Å². The zero-order valence-corrected chi connectivity index (χ0v) is 18.1. The van der Waals surface area contributed by atoms with Crippen molar-refractivity contribution >= 4 is 21.6 Å². The second-order valence-corrected chi connectivity index (χ2v) is 9.81. The van der Waals surface area contributed by atoms with E-state index in [-0.39, 0.29) is 16.3 Å². The van der Waals surface area contributed by atoms with Gasteiger partial charge in [0.2, 0.25) is 0 Å². The SMILES string of the molecule is CN(C)C1(CNC(=O)c2ccc(S(=O)(=O)N(C)c3ccccc3)cc2)CCCC1. The highest BCUT2D eigenvalue weighted by Gasteiger charge is 2.36. The van der Waals surface area contributed by atoms with E-state index in [9.17, 15) is 13.2 Å². The number of nitrogens with zero attached hydrogens (tertiary/aromatic N) is 2. The lowest BCUT2D eigenvalue weighted by atomic mass is 9.96. The highest BCUT2D eigenvalue weighted by atomic mass is 32.2. The number of hydrogen-bond acceptors (Lipinski definition) is 4. The maximum absolute atomic E-state index is 12.9. The Kier molecular flexibility index (Phi) is 6.29. The van der Waals surface area contributed by atoms with Crippen molar-refractivity contribution in [2.75, 3.05) is 32.0 Å². The first kappa shape index (κ1) is 21.3. The van der Waals surface area contributed by atoms with Gasteiger partial charge < -0.3 is 10.2 Å². The van der Waals surface area contributed by atoms with Crippen molar-refractivity contribution < 1.29 is 13.2 Å². The molecular formula is C22H29N3O3S. The standard InChI is InChI=1S/C22H29N3O3S/c1-24(2)22(15-7-8-16-22)17-23-21(26)18-11-13-20(14-12-18)29(27,28)25(3)19-9-5-4-6-10-19/h4-6,9-14H,7-8,15-17H2,1-3H3,(H,23,26). The van der Waals surface area contributed by atoms with Gasteiger partial charge in [0.1, 0.15) is 0 Å². The van der Waals surface area contributed by atoms with E-state index in [1.165, 1.54) is 36.3 Å². The minimum absolute atomic E-state index is 0.0112. The van der Waals surface area contributed by atoms with Crippen LogP contribution in [0.25, 0.3) is 0 Å². The van der Waals surface area contributed by atoms with Crippen LogP contribution >= 0.6 is 0 Å². The molecule has 1 amide bonds. The fourth-order valence-corrected chi connectivity index (χ4v) is 5.07. The fraction of sp³-hybridized carbons (Fsp3) is 0.409. The molecule has 0 unspecified atom stereocenters. The molecule has 2 aromatic rings. The molecule has 6 nitrogen and oxygen atoms in total. The van der Waals surface area contributed by atoms with E-state index in [0.29, 0.717) is 17.8 Å². The maximum Gasteiger partial charge on any atom is 0.264 e. The van der Waals surface area contributed by atoms with Crippen LogP contribution in [0.3, 0.4) is 0 Å². The first-order chi connectivity index (χ1) is 13.8. The number of para-hydroxylation sites is 1. The minimum Gasteiger partial charge on any atom is -0.350 e. The summed E-state index contributed by atoms with van der Waals surface area (Å²) in [5, 5.41) is 3.03. The Morgan fingerprint density at radius 1 is 0.966 bits per heavy atom. The smallest absolute Gasteiger partial charge is 0.264 e. The number of carbonyl (C=O) groups excluding carboxylic acids is 1. The van der Waals surface area contributed by atoms with E-state index in [1.807, 2.05) is 6.07 Å². The fourth-order valence-electron chi connectivity index (χ4n) is 3.88. The predicted molar refractivity (Wildman–Crippen MR) is 116 cm³/mol. The molecule has 0 saturated heterocycles. The van der Waals surface area contributed by atoms with E-state index in [0.717, 1.165) is 12.8 Å². The molecule has 2 aromatic carbocycles. The Morgan fingerprint density at radius 2 is 1.55 bits per heavy atom. The first-order valence-corrected chi connectivity index (χ1v) is 11.3. The van der Waals surface area contributed by atoms with Gasteiger partial charge in [-0.1, -0.05) is 31.0 Å². The van der Waals surface area contributed by atoms with Crippen LogP contribution in [0.15, 0.2) is 59.5 Å². The number of rotatable bonds is 7. The summed E-state index contributed by atoms with van der Waals surface area (Å²) >= 11 is 0. The lowest BCUT2D eigenvalue weighted by molar-refractivity contribution is 0.0900. The average Bonchev–Trinajstić information content (AvgIpc) is 3.22. The molecule has 1 saturated carbocycles. The molecule has 1 aliphatic carbocycles. The number of likely N-dealkylation sites (N-methyl/N-ethyl adjacent to an activating group) is 1. The van der Waals surface area contributed by atoms with Crippen molar-refractivity contribution in [3.8, 4) is 0 Å². The number of hydrogen-bond donors (Lipinski definition) is 1. The van der Waals surface area contributed by atoms with Crippen LogP contribution in [0.1, 0.15) is 36.0 Å². The van der Waals surface area contributed by atoms with Gasteiger partial charge in [-0.05, 0) is 63.3 Å². The van der Waals surface area contributed by atoms with Crippen LogP contribution < -0.4 is 9.62 Å². The average molecular weight is 416 g/mol. The van der Waals surface area contributed by atoms with Gasteiger partial charge in [0.05, 0.1) is 10.6 Å². The Balaban J connectivity index is 1.70. The third-order valence-corrected chi connectivity index (χ3v) is 7.76. The Bertz CT molecular complexity index is 935. The normalized spacial score (nSPS) is 16.0. The molecule has 1 N–H and O–H groups in total. The van der Waals surface area contributed by atoms with Crippen molar-refractivity contribution in [2.24, 2.45) is 0 Å². The summed E-state index contributed by atoms with van der Waals surface area (Å²) in [6.07, 6.45) is 4.50. The monoisotopic (exact) mass is 415 g/mol. The topological polar surface area (TPSA) is 69.7 Å². The van der Waals surface area contributed by atoms with E-state index >= 15 is 0 Å². The second-order valence-electron chi connectivity index (χ2n) is 7.84. The van der Waals surface area contributed by atoms with Gasteiger partial charge in [0, 0.05) is 24.7 Å². The highest BCUT2D eigenvalue weighted by Crippen LogP contribution is 2.33. The summed E-state index contributed by atoms with van der Waals surface area (Å²) in [5.41, 5.74) is 1.05. The molecule has 0 radical (unpaired) electrons. The van der Waals surface area contributed by atoms with Gasteiger partial charge in [-0.3, -0.25) is 9.10 Å². The molecule has 0 bridgehead atoms. The quantitative estimate of drug-likeness (QED) is 0.754. The molecular weight excluding hydrogens is 386 g/mol. The van der Waals surface area contributed by atoms with Gasteiger partial charge >= 0.3 is 0 Å². The van der Waals surface area contributed by atoms with Crippen LogP contribution in [-0.2, 0) is 10.0 Å². The molecule has 0 aliphatic heterocycles. The molecule has 0 spiro atoms. The number of sulfonamides is 1. The molecule has 7 heteroatoms. The molecule has 29 heavy (non-hydrogen) atoms. The Morgan fingerprint density at radius 3 is 2.10 bits per heavy atom. The second kappa shape index (κ2) is 8.55.